The number of carbonyl (C=O) groups is 2. The highest BCUT2D eigenvalue weighted by Crippen LogP contribution is 2.29. The summed E-state index contributed by atoms with van der Waals surface area (Å²) < 4.78 is 35.8. The predicted octanol–water partition coefficient (Wildman–Crippen LogP) is 7.54. The summed E-state index contributed by atoms with van der Waals surface area (Å²) in [5.74, 6) is 0.278. The first-order valence-electron chi connectivity index (χ1n) is 16.5. The lowest BCUT2D eigenvalue weighted by Gasteiger charge is -2.35. The second kappa shape index (κ2) is 15.9. The van der Waals surface area contributed by atoms with Crippen LogP contribution >= 0.6 is 0 Å². The predicted molar refractivity (Wildman–Crippen MR) is 197 cm³/mol. The van der Waals surface area contributed by atoms with Gasteiger partial charge in [0.15, 0.2) is 0 Å². The molecule has 5 aromatic carbocycles. The van der Waals surface area contributed by atoms with Gasteiger partial charge in [-0.3, -0.25) is 13.9 Å². The molecule has 0 fully saturated rings. The summed E-state index contributed by atoms with van der Waals surface area (Å²) in [6.45, 7) is 7.08. The molecule has 1 N–H and O–H groups in total. The third-order valence-electron chi connectivity index (χ3n) is 7.96. The number of aryl methyl sites for hydroxylation is 1. The fraction of sp³-hybridized carbons (Fsp3) is 0.220. The Kier molecular flexibility index (Phi) is 11.4. The van der Waals surface area contributed by atoms with E-state index in [4.69, 9.17) is 4.74 Å². The quantitative estimate of drug-likeness (QED) is 0.138. The number of nitrogens with zero attached hydrogens (tertiary/aromatic N) is 2. The van der Waals surface area contributed by atoms with Crippen LogP contribution in [0.4, 0.5) is 5.69 Å². The van der Waals surface area contributed by atoms with Gasteiger partial charge in [-0.05, 0) is 87.4 Å². The topological polar surface area (TPSA) is 96.0 Å². The number of carbonyl (C=O) groups excluding carboxylic acids is 2. The van der Waals surface area contributed by atoms with E-state index in [2.05, 4.69) is 5.32 Å². The summed E-state index contributed by atoms with van der Waals surface area (Å²) in [7, 11) is -4.23. The highest BCUT2D eigenvalue weighted by Gasteiger charge is 2.35. The third kappa shape index (κ3) is 9.60. The lowest BCUT2D eigenvalue weighted by molar-refractivity contribution is -0.140. The van der Waals surface area contributed by atoms with Crippen molar-refractivity contribution in [3.05, 3.63) is 156 Å². The largest absolute Gasteiger partial charge is 0.457 e. The lowest BCUT2D eigenvalue weighted by Crippen LogP contribution is -2.56. The molecule has 1 atom stereocenters. The summed E-state index contributed by atoms with van der Waals surface area (Å²) >= 11 is 0. The van der Waals surface area contributed by atoms with Gasteiger partial charge in [-0.25, -0.2) is 8.42 Å². The maximum atomic E-state index is 14.7. The van der Waals surface area contributed by atoms with Crippen LogP contribution in [0.1, 0.15) is 37.5 Å². The molecule has 1 unspecified atom stereocenters. The van der Waals surface area contributed by atoms with E-state index in [9.17, 15) is 18.0 Å². The van der Waals surface area contributed by atoms with Crippen LogP contribution in [0.2, 0.25) is 0 Å². The van der Waals surface area contributed by atoms with E-state index in [0.717, 1.165) is 21.0 Å². The number of benzene rings is 5. The number of hydrogen-bond acceptors (Lipinski definition) is 5. The summed E-state index contributed by atoms with van der Waals surface area (Å²) in [5, 5.41) is 3.05. The molecular weight excluding hydrogens is 647 g/mol. The van der Waals surface area contributed by atoms with Crippen molar-refractivity contribution in [3.8, 4) is 11.5 Å². The van der Waals surface area contributed by atoms with Gasteiger partial charge in [0.1, 0.15) is 24.1 Å². The molecule has 258 valence electrons. The SMILES string of the molecule is Cc1ccc(S(=O)(=O)N(CC(=O)N(Cc2ccccc2)C(Cc2ccccc2)C(=O)NC(C)(C)C)c2ccc(Oc3ccccc3)cc2)cc1. The zero-order chi connectivity index (χ0) is 35.7. The minimum atomic E-state index is -4.23. The molecule has 8 nitrogen and oxygen atoms in total. The number of nitrogens with one attached hydrogen (secondary N) is 1. The van der Waals surface area contributed by atoms with E-state index in [-0.39, 0.29) is 29.5 Å². The second-order valence-corrected chi connectivity index (χ2v) is 15.0. The first-order valence-corrected chi connectivity index (χ1v) is 17.9. The zero-order valence-corrected chi connectivity index (χ0v) is 29.6. The number of para-hydroxylation sites is 1. The third-order valence-corrected chi connectivity index (χ3v) is 9.74. The van der Waals surface area contributed by atoms with Gasteiger partial charge >= 0.3 is 0 Å². The molecule has 0 saturated heterocycles. The molecule has 0 spiro atoms. The van der Waals surface area contributed by atoms with E-state index in [1.54, 1.807) is 36.4 Å². The Morgan fingerprint density at radius 1 is 0.700 bits per heavy atom. The van der Waals surface area contributed by atoms with Crippen LogP contribution < -0.4 is 14.4 Å². The average molecular weight is 690 g/mol. The molecule has 0 bridgehead atoms. The number of ether oxygens (including phenoxy) is 1. The molecule has 0 aromatic heterocycles. The maximum absolute atomic E-state index is 14.7. The van der Waals surface area contributed by atoms with E-state index in [0.29, 0.717) is 11.5 Å². The lowest BCUT2D eigenvalue weighted by atomic mass is 10.0. The van der Waals surface area contributed by atoms with Crippen LogP contribution in [-0.2, 0) is 32.6 Å². The summed E-state index contributed by atoms with van der Waals surface area (Å²) in [6, 6.07) is 40.3. The molecule has 0 aliphatic carbocycles. The van der Waals surface area contributed by atoms with Crippen LogP contribution in [0.25, 0.3) is 0 Å². The fourth-order valence-electron chi connectivity index (χ4n) is 5.46. The minimum absolute atomic E-state index is 0.0430. The van der Waals surface area contributed by atoms with Crippen molar-refractivity contribution >= 4 is 27.5 Å². The minimum Gasteiger partial charge on any atom is -0.457 e. The van der Waals surface area contributed by atoms with Gasteiger partial charge < -0.3 is 15.0 Å². The van der Waals surface area contributed by atoms with E-state index < -0.39 is 34.1 Å². The molecule has 0 aliphatic heterocycles. The van der Waals surface area contributed by atoms with Crippen LogP contribution in [-0.4, -0.2) is 43.3 Å². The Bertz CT molecular complexity index is 1960. The van der Waals surface area contributed by atoms with Crippen LogP contribution in [0, 0.1) is 6.92 Å². The molecule has 50 heavy (non-hydrogen) atoms. The van der Waals surface area contributed by atoms with Crippen LogP contribution in [0.5, 0.6) is 11.5 Å². The molecule has 0 saturated carbocycles. The van der Waals surface area contributed by atoms with Gasteiger partial charge in [0.05, 0.1) is 10.6 Å². The maximum Gasteiger partial charge on any atom is 0.264 e. The number of hydrogen-bond donors (Lipinski definition) is 1. The normalized spacial score (nSPS) is 12.1. The monoisotopic (exact) mass is 689 g/mol. The van der Waals surface area contributed by atoms with Gasteiger partial charge in [0.25, 0.3) is 10.0 Å². The molecular formula is C41H43N3O5S. The van der Waals surface area contributed by atoms with Crippen molar-refractivity contribution in [3.63, 3.8) is 0 Å². The number of rotatable bonds is 13. The van der Waals surface area contributed by atoms with Crippen molar-refractivity contribution in [2.45, 2.75) is 57.1 Å². The van der Waals surface area contributed by atoms with Crippen molar-refractivity contribution in [1.82, 2.24) is 10.2 Å². The Labute approximate surface area is 295 Å². The summed E-state index contributed by atoms with van der Waals surface area (Å²) in [6.07, 6.45) is 0.234. The molecule has 2 amide bonds. The molecule has 0 aliphatic rings. The summed E-state index contributed by atoms with van der Waals surface area (Å²) in [4.78, 5) is 30.3. The van der Waals surface area contributed by atoms with Crippen molar-refractivity contribution in [1.29, 1.82) is 0 Å². The standard InChI is InChI=1S/C41H43N3O5S/c1-31-20-26-37(27-21-31)50(47,48)44(34-22-24-36(25-23-34)49-35-18-12-7-13-19-35)30-39(45)43(29-33-16-10-6-11-17-33)38(40(46)42-41(2,3)4)28-32-14-8-5-9-15-32/h5-27,38H,28-30H2,1-4H3,(H,42,46). The Hall–Kier alpha value is -5.41. The molecule has 0 radical (unpaired) electrons. The number of amides is 2. The van der Waals surface area contributed by atoms with Gasteiger partial charge in [0, 0.05) is 18.5 Å². The first-order chi connectivity index (χ1) is 23.9. The van der Waals surface area contributed by atoms with Gasteiger partial charge in [-0.2, -0.15) is 0 Å². The average Bonchev–Trinajstić information content (AvgIpc) is 3.10. The second-order valence-electron chi connectivity index (χ2n) is 13.2. The Balaban J connectivity index is 1.56. The number of sulfonamides is 1. The van der Waals surface area contributed by atoms with Gasteiger partial charge in [0.2, 0.25) is 11.8 Å². The first kappa shape index (κ1) is 35.9. The smallest absolute Gasteiger partial charge is 0.264 e. The van der Waals surface area contributed by atoms with E-state index >= 15 is 0 Å². The highest BCUT2D eigenvalue weighted by molar-refractivity contribution is 7.92. The van der Waals surface area contributed by atoms with E-state index in [1.807, 2.05) is 119 Å². The Morgan fingerprint density at radius 2 is 1.22 bits per heavy atom. The van der Waals surface area contributed by atoms with Crippen molar-refractivity contribution in [2.24, 2.45) is 0 Å². The van der Waals surface area contributed by atoms with Gasteiger partial charge in [-0.1, -0.05) is 96.6 Å². The zero-order valence-electron chi connectivity index (χ0n) is 28.8. The molecule has 5 aromatic rings. The van der Waals surface area contributed by atoms with Crippen molar-refractivity contribution in [2.75, 3.05) is 10.8 Å². The molecule has 5 rings (SSSR count). The summed E-state index contributed by atoms with van der Waals surface area (Å²) in [5.41, 5.74) is 2.27. The fourth-order valence-corrected chi connectivity index (χ4v) is 6.87. The van der Waals surface area contributed by atoms with Crippen LogP contribution in [0.3, 0.4) is 0 Å². The molecule has 0 heterocycles. The van der Waals surface area contributed by atoms with Crippen molar-refractivity contribution < 1.29 is 22.7 Å². The molecule has 9 heteroatoms. The van der Waals surface area contributed by atoms with Gasteiger partial charge in [-0.15, -0.1) is 0 Å². The van der Waals surface area contributed by atoms with Crippen LogP contribution in [0.15, 0.2) is 144 Å². The van der Waals surface area contributed by atoms with E-state index in [1.165, 1.54) is 17.0 Å². The Morgan fingerprint density at radius 3 is 1.78 bits per heavy atom. The number of anilines is 1. The highest BCUT2D eigenvalue weighted by atomic mass is 32.2.